The minimum atomic E-state index is -0.566. The number of hydrogen-bond donors (Lipinski definition) is 0. The summed E-state index contributed by atoms with van der Waals surface area (Å²) in [6.07, 6.45) is -0.189. The molecule has 5 aromatic rings. The van der Waals surface area contributed by atoms with Crippen molar-refractivity contribution in [2.45, 2.75) is 13.0 Å². The summed E-state index contributed by atoms with van der Waals surface area (Å²) in [7, 11) is 0. The average molecular weight is 463 g/mol. The number of rotatable bonds is 7. The second-order valence-electron chi connectivity index (χ2n) is 8.06. The van der Waals surface area contributed by atoms with Crippen LogP contribution in [0.25, 0.3) is 22.4 Å². The van der Waals surface area contributed by atoms with Crippen LogP contribution in [-0.2, 0) is 17.8 Å². The van der Waals surface area contributed by atoms with E-state index in [0.29, 0.717) is 17.9 Å². The monoisotopic (exact) mass is 463 g/mol. The van der Waals surface area contributed by atoms with Gasteiger partial charge in [-0.25, -0.2) is 4.98 Å². The van der Waals surface area contributed by atoms with E-state index < -0.39 is 10.9 Å². The Balaban J connectivity index is 1.38. The molecule has 1 aromatic heterocycles. The molecule has 0 bridgehead atoms. The number of carbonyl (C=O) groups is 1. The highest BCUT2D eigenvalue weighted by Crippen LogP contribution is 2.28. The molecule has 0 fully saturated rings. The molecule has 0 aliphatic rings. The Hall–Kier alpha value is -4.78. The van der Waals surface area contributed by atoms with Gasteiger partial charge in [0.05, 0.1) is 22.4 Å². The molecule has 7 heteroatoms. The minimum Gasteiger partial charge on any atom is -0.426 e. The van der Waals surface area contributed by atoms with Gasteiger partial charge in [-0.1, -0.05) is 60.7 Å². The number of ether oxygens (including phenoxy) is 1. The van der Waals surface area contributed by atoms with Gasteiger partial charge in [-0.3, -0.25) is 14.9 Å². The smallest absolute Gasteiger partial charge is 0.315 e. The van der Waals surface area contributed by atoms with Crippen LogP contribution in [-0.4, -0.2) is 20.4 Å². The first kappa shape index (κ1) is 22.0. The third kappa shape index (κ3) is 4.79. The number of nitro groups is 1. The molecular weight excluding hydrogens is 442 g/mol. The molecule has 0 N–H and O–H groups in total. The lowest BCUT2D eigenvalue weighted by Crippen LogP contribution is -2.12. The largest absolute Gasteiger partial charge is 0.426 e. The van der Waals surface area contributed by atoms with Gasteiger partial charge >= 0.3 is 5.97 Å². The molecule has 4 aromatic carbocycles. The van der Waals surface area contributed by atoms with Crippen LogP contribution in [0.4, 0.5) is 5.69 Å². The van der Waals surface area contributed by atoms with Gasteiger partial charge < -0.3 is 9.30 Å². The van der Waals surface area contributed by atoms with Crippen molar-refractivity contribution in [2.75, 3.05) is 0 Å². The molecule has 0 radical (unpaired) electrons. The van der Waals surface area contributed by atoms with Crippen LogP contribution in [0.2, 0.25) is 0 Å². The zero-order chi connectivity index (χ0) is 24.2. The lowest BCUT2D eigenvalue weighted by molar-refractivity contribution is -0.385. The van der Waals surface area contributed by atoms with Crippen LogP contribution < -0.4 is 4.74 Å². The standard InChI is InChI=1S/C28H21N3O4/c32-27(18-22-10-4-6-12-25(22)31(33)34)35-23-16-14-21(15-17-23)28-29-24-11-5-7-13-26(24)30(28)19-20-8-2-1-3-9-20/h1-17H,18-19H2. The molecule has 0 aliphatic heterocycles. The van der Waals surface area contributed by atoms with Crippen molar-refractivity contribution in [3.05, 3.63) is 124 Å². The van der Waals surface area contributed by atoms with Crippen molar-refractivity contribution in [1.29, 1.82) is 0 Å². The number of aromatic nitrogens is 2. The quantitative estimate of drug-likeness (QED) is 0.132. The fourth-order valence-corrected chi connectivity index (χ4v) is 4.06. The van der Waals surface area contributed by atoms with Crippen molar-refractivity contribution in [3.63, 3.8) is 0 Å². The molecule has 0 unspecified atom stereocenters. The summed E-state index contributed by atoms with van der Waals surface area (Å²) in [5.41, 5.74) is 4.20. The maximum Gasteiger partial charge on any atom is 0.315 e. The van der Waals surface area contributed by atoms with Crippen LogP contribution >= 0.6 is 0 Å². The van der Waals surface area contributed by atoms with E-state index in [4.69, 9.17) is 9.72 Å². The summed E-state index contributed by atoms with van der Waals surface area (Å²) < 4.78 is 7.61. The lowest BCUT2D eigenvalue weighted by Gasteiger charge is -2.10. The van der Waals surface area contributed by atoms with E-state index in [1.54, 1.807) is 30.3 Å². The molecule has 0 aliphatic carbocycles. The Morgan fingerprint density at radius 3 is 2.31 bits per heavy atom. The van der Waals surface area contributed by atoms with Gasteiger partial charge in [0.1, 0.15) is 11.6 Å². The molecule has 5 rings (SSSR count). The van der Waals surface area contributed by atoms with E-state index in [1.165, 1.54) is 6.07 Å². The highest BCUT2D eigenvalue weighted by Gasteiger charge is 2.17. The number of para-hydroxylation sites is 3. The Morgan fingerprint density at radius 1 is 0.857 bits per heavy atom. The predicted molar refractivity (Wildman–Crippen MR) is 133 cm³/mol. The zero-order valence-electron chi connectivity index (χ0n) is 18.7. The van der Waals surface area contributed by atoms with E-state index in [-0.39, 0.29) is 12.1 Å². The number of carbonyl (C=O) groups excluding carboxylic acids is 1. The van der Waals surface area contributed by atoms with Gasteiger partial charge in [0.25, 0.3) is 5.69 Å². The fourth-order valence-electron chi connectivity index (χ4n) is 4.06. The normalized spacial score (nSPS) is 10.9. The fraction of sp³-hybridized carbons (Fsp3) is 0.0714. The number of nitro benzene ring substituents is 1. The van der Waals surface area contributed by atoms with Crippen LogP contribution in [0.3, 0.4) is 0 Å². The first-order valence-electron chi connectivity index (χ1n) is 11.1. The second kappa shape index (κ2) is 9.61. The first-order valence-corrected chi connectivity index (χ1v) is 11.1. The van der Waals surface area contributed by atoms with Gasteiger partial charge in [0.2, 0.25) is 0 Å². The van der Waals surface area contributed by atoms with Crippen LogP contribution in [0.5, 0.6) is 5.75 Å². The zero-order valence-corrected chi connectivity index (χ0v) is 18.7. The van der Waals surface area contributed by atoms with Gasteiger partial charge in [-0.2, -0.15) is 0 Å². The van der Waals surface area contributed by atoms with Gasteiger partial charge in [0, 0.05) is 23.7 Å². The summed E-state index contributed by atoms with van der Waals surface area (Å²) in [6, 6.07) is 31.5. The summed E-state index contributed by atoms with van der Waals surface area (Å²) in [5.74, 6) is 0.610. The number of hydrogen-bond acceptors (Lipinski definition) is 5. The Bertz CT molecular complexity index is 1510. The third-order valence-electron chi connectivity index (χ3n) is 5.71. The lowest BCUT2D eigenvalue weighted by atomic mass is 10.1. The van der Waals surface area contributed by atoms with Gasteiger partial charge in [-0.15, -0.1) is 0 Å². The van der Waals surface area contributed by atoms with Crippen LogP contribution in [0.1, 0.15) is 11.1 Å². The molecule has 0 atom stereocenters. The SMILES string of the molecule is O=C(Cc1ccccc1[N+](=O)[O-])Oc1ccc(-c2nc3ccccc3n2Cc2ccccc2)cc1. The van der Waals surface area contributed by atoms with Crippen molar-refractivity contribution in [2.24, 2.45) is 0 Å². The average Bonchev–Trinajstić information content (AvgIpc) is 3.23. The van der Waals surface area contributed by atoms with Crippen molar-refractivity contribution < 1.29 is 14.5 Å². The van der Waals surface area contributed by atoms with Crippen molar-refractivity contribution >= 4 is 22.7 Å². The Kier molecular flexibility index (Phi) is 6.05. The molecule has 0 saturated heterocycles. The molecule has 172 valence electrons. The highest BCUT2D eigenvalue weighted by molar-refractivity contribution is 5.81. The number of benzene rings is 4. The van der Waals surface area contributed by atoms with Gasteiger partial charge in [0.15, 0.2) is 0 Å². The molecule has 0 spiro atoms. The molecule has 7 nitrogen and oxygen atoms in total. The predicted octanol–water partition coefficient (Wildman–Crippen LogP) is 5.81. The summed E-state index contributed by atoms with van der Waals surface area (Å²) in [6.45, 7) is 0.670. The molecular formula is C28H21N3O4. The third-order valence-corrected chi connectivity index (χ3v) is 5.71. The number of esters is 1. The molecule has 0 saturated carbocycles. The highest BCUT2D eigenvalue weighted by atomic mass is 16.6. The van der Waals surface area contributed by atoms with E-state index >= 15 is 0 Å². The van der Waals surface area contributed by atoms with E-state index in [9.17, 15) is 14.9 Å². The van der Waals surface area contributed by atoms with E-state index in [0.717, 1.165) is 28.0 Å². The topological polar surface area (TPSA) is 87.3 Å². The van der Waals surface area contributed by atoms with E-state index in [2.05, 4.69) is 16.7 Å². The molecule has 35 heavy (non-hydrogen) atoms. The summed E-state index contributed by atoms with van der Waals surface area (Å²) in [4.78, 5) is 28.0. The molecule has 0 amide bonds. The van der Waals surface area contributed by atoms with Crippen molar-refractivity contribution in [1.82, 2.24) is 9.55 Å². The minimum absolute atomic E-state index is 0.0999. The number of nitrogens with zero attached hydrogens (tertiary/aromatic N) is 3. The maximum absolute atomic E-state index is 12.4. The molecule has 1 heterocycles. The Labute approximate surface area is 201 Å². The summed E-state index contributed by atoms with van der Waals surface area (Å²) in [5, 5.41) is 11.2. The summed E-state index contributed by atoms with van der Waals surface area (Å²) >= 11 is 0. The van der Waals surface area contributed by atoms with Gasteiger partial charge in [-0.05, 0) is 42.0 Å². The second-order valence-corrected chi connectivity index (χ2v) is 8.06. The maximum atomic E-state index is 12.4. The van der Waals surface area contributed by atoms with Crippen LogP contribution in [0, 0.1) is 10.1 Å². The van der Waals surface area contributed by atoms with Crippen LogP contribution in [0.15, 0.2) is 103 Å². The van der Waals surface area contributed by atoms with E-state index in [1.807, 2.05) is 54.6 Å². The number of fused-ring (bicyclic) bond motifs is 1. The number of imidazole rings is 1. The first-order chi connectivity index (χ1) is 17.1. The Morgan fingerprint density at radius 2 is 1.54 bits per heavy atom. The van der Waals surface area contributed by atoms with Crippen molar-refractivity contribution in [3.8, 4) is 17.1 Å².